The smallest absolute Gasteiger partial charge is 0.175 e. The van der Waals surface area contributed by atoms with Crippen LogP contribution in [0, 0.1) is 0 Å². The summed E-state index contributed by atoms with van der Waals surface area (Å²) in [6, 6.07) is 4.39. The highest BCUT2D eigenvalue weighted by molar-refractivity contribution is 6.69. The van der Waals surface area contributed by atoms with Crippen LogP contribution in [0.5, 0.6) is 11.5 Å². The van der Waals surface area contributed by atoms with Crippen molar-refractivity contribution in [3.8, 4) is 11.5 Å². The third-order valence-electron chi connectivity index (χ3n) is 1.51. The van der Waals surface area contributed by atoms with Crippen LogP contribution in [0.1, 0.15) is 5.56 Å². The highest BCUT2D eigenvalue weighted by Gasteiger charge is 2.05. The minimum Gasteiger partial charge on any atom is -0.504 e. The molecule has 2 N–H and O–H groups in total. The predicted molar refractivity (Wildman–Crippen MR) is 48.8 cm³/mol. The molecule has 0 atom stereocenters. The molecule has 0 bridgehead atoms. The Morgan fingerprint density at radius 2 is 2.23 bits per heavy atom. The molecule has 0 unspecified atom stereocenters. The quantitative estimate of drug-likeness (QED) is 0.436. The largest absolute Gasteiger partial charge is 0.504 e. The standard InChI is InChI=1S/C8H8ClNO3/c1-13-7-4-5(8(9)10-12)2-3-6(7)11/h2-4,11-12H,1H3. The number of hydrogen-bond donors (Lipinski definition) is 2. The molecule has 0 amide bonds. The maximum absolute atomic E-state index is 9.22. The zero-order valence-electron chi connectivity index (χ0n) is 6.86. The van der Waals surface area contributed by atoms with Crippen LogP contribution in [-0.4, -0.2) is 22.6 Å². The number of aromatic hydroxyl groups is 1. The van der Waals surface area contributed by atoms with Crippen LogP contribution in [0.4, 0.5) is 0 Å². The first-order valence-electron chi connectivity index (χ1n) is 3.44. The van der Waals surface area contributed by atoms with Gasteiger partial charge in [-0.15, -0.1) is 0 Å². The second-order valence-electron chi connectivity index (χ2n) is 2.28. The minimum absolute atomic E-state index is 0.00802. The van der Waals surface area contributed by atoms with Crippen molar-refractivity contribution in [1.82, 2.24) is 0 Å². The summed E-state index contributed by atoms with van der Waals surface area (Å²) in [6.45, 7) is 0. The van der Waals surface area contributed by atoms with Gasteiger partial charge in [-0.3, -0.25) is 0 Å². The fourth-order valence-electron chi connectivity index (χ4n) is 0.864. The fraction of sp³-hybridized carbons (Fsp3) is 0.125. The van der Waals surface area contributed by atoms with Gasteiger partial charge in [-0.25, -0.2) is 0 Å². The van der Waals surface area contributed by atoms with Crippen molar-refractivity contribution < 1.29 is 15.1 Å². The topological polar surface area (TPSA) is 62.0 Å². The van der Waals surface area contributed by atoms with E-state index in [1.54, 1.807) is 0 Å². The molecule has 0 heterocycles. The lowest BCUT2D eigenvalue weighted by atomic mass is 10.2. The van der Waals surface area contributed by atoms with Gasteiger partial charge in [0.15, 0.2) is 16.7 Å². The SMILES string of the molecule is COc1cc(C(Cl)=NO)ccc1O. The zero-order valence-corrected chi connectivity index (χ0v) is 7.62. The van der Waals surface area contributed by atoms with Crippen molar-refractivity contribution >= 4 is 16.8 Å². The van der Waals surface area contributed by atoms with E-state index in [1.807, 2.05) is 0 Å². The van der Waals surface area contributed by atoms with E-state index >= 15 is 0 Å². The van der Waals surface area contributed by atoms with Crippen LogP contribution < -0.4 is 4.74 Å². The van der Waals surface area contributed by atoms with E-state index in [4.69, 9.17) is 21.5 Å². The molecule has 0 radical (unpaired) electrons. The van der Waals surface area contributed by atoms with Gasteiger partial charge < -0.3 is 15.1 Å². The van der Waals surface area contributed by atoms with E-state index in [0.717, 1.165) is 0 Å². The number of hydrogen-bond acceptors (Lipinski definition) is 4. The first-order chi connectivity index (χ1) is 6.19. The second kappa shape index (κ2) is 4.00. The molecule has 13 heavy (non-hydrogen) atoms. The van der Waals surface area contributed by atoms with Crippen molar-refractivity contribution in [1.29, 1.82) is 0 Å². The Morgan fingerprint density at radius 3 is 2.77 bits per heavy atom. The zero-order chi connectivity index (χ0) is 9.84. The number of rotatable bonds is 2. The van der Waals surface area contributed by atoms with Gasteiger partial charge in [0, 0.05) is 5.56 Å². The molecule has 4 nitrogen and oxygen atoms in total. The van der Waals surface area contributed by atoms with Crippen molar-refractivity contribution in [2.24, 2.45) is 5.16 Å². The van der Waals surface area contributed by atoms with Gasteiger partial charge in [-0.2, -0.15) is 0 Å². The summed E-state index contributed by atoms with van der Waals surface area (Å²) in [5, 5.41) is 20.3. The van der Waals surface area contributed by atoms with E-state index in [0.29, 0.717) is 5.56 Å². The van der Waals surface area contributed by atoms with Gasteiger partial charge in [-0.1, -0.05) is 16.8 Å². The first-order valence-corrected chi connectivity index (χ1v) is 3.81. The Kier molecular flexibility index (Phi) is 2.97. The molecular weight excluding hydrogens is 194 g/mol. The summed E-state index contributed by atoms with van der Waals surface area (Å²) in [5.41, 5.74) is 0.471. The molecule has 70 valence electrons. The van der Waals surface area contributed by atoms with Crippen LogP contribution >= 0.6 is 11.6 Å². The normalized spacial score (nSPS) is 11.4. The van der Waals surface area contributed by atoms with Crippen LogP contribution in [0.15, 0.2) is 23.4 Å². The third kappa shape index (κ3) is 2.03. The van der Waals surface area contributed by atoms with Gasteiger partial charge in [0.2, 0.25) is 0 Å². The molecule has 0 spiro atoms. The van der Waals surface area contributed by atoms with Gasteiger partial charge in [0.05, 0.1) is 7.11 Å². The Balaban J connectivity index is 3.13. The summed E-state index contributed by atoms with van der Waals surface area (Å²) < 4.78 is 4.84. The Morgan fingerprint density at radius 1 is 1.54 bits per heavy atom. The molecule has 1 rings (SSSR count). The fourth-order valence-corrected chi connectivity index (χ4v) is 0.981. The lowest BCUT2D eigenvalue weighted by Crippen LogP contribution is -1.92. The van der Waals surface area contributed by atoms with E-state index < -0.39 is 0 Å². The number of phenolic OH excluding ortho intramolecular Hbond substituents is 1. The third-order valence-corrected chi connectivity index (χ3v) is 1.80. The number of benzene rings is 1. The van der Waals surface area contributed by atoms with Gasteiger partial charge in [0.25, 0.3) is 0 Å². The average molecular weight is 202 g/mol. The van der Waals surface area contributed by atoms with Crippen LogP contribution in [0.3, 0.4) is 0 Å². The lowest BCUT2D eigenvalue weighted by Gasteiger charge is -2.04. The van der Waals surface area contributed by atoms with E-state index in [2.05, 4.69) is 5.16 Å². The number of nitrogens with zero attached hydrogens (tertiary/aromatic N) is 1. The maximum Gasteiger partial charge on any atom is 0.175 e. The van der Waals surface area contributed by atoms with Crippen LogP contribution in [-0.2, 0) is 0 Å². The first kappa shape index (κ1) is 9.67. The van der Waals surface area contributed by atoms with E-state index in [1.165, 1.54) is 25.3 Å². The van der Waals surface area contributed by atoms with Crippen molar-refractivity contribution in [2.75, 3.05) is 7.11 Å². The minimum atomic E-state index is -0.0571. The number of halogens is 1. The van der Waals surface area contributed by atoms with E-state index in [9.17, 15) is 5.11 Å². The van der Waals surface area contributed by atoms with Crippen molar-refractivity contribution in [2.45, 2.75) is 0 Å². The van der Waals surface area contributed by atoms with Crippen LogP contribution in [0.25, 0.3) is 0 Å². The molecule has 0 aromatic heterocycles. The summed E-state index contributed by atoms with van der Waals surface area (Å²) in [7, 11) is 1.42. The monoisotopic (exact) mass is 201 g/mol. The Labute approximate surface area is 80.0 Å². The van der Waals surface area contributed by atoms with Gasteiger partial charge in [-0.05, 0) is 18.2 Å². The molecule has 0 aliphatic rings. The second-order valence-corrected chi connectivity index (χ2v) is 2.64. The molecule has 0 saturated heterocycles. The summed E-state index contributed by atoms with van der Waals surface area (Å²) in [6.07, 6.45) is 0. The summed E-state index contributed by atoms with van der Waals surface area (Å²) in [5.74, 6) is 0.285. The molecule has 0 fully saturated rings. The summed E-state index contributed by atoms with van der Waals surface area (Å²) >= 11 is 5.53. The maximum atomic E-state index is 9.22. The van der Waals surface area contributed by atoms with Crippen molar-refractivity contribution in [3.63, 3.8) is 0 Å². The van der Waals surface area contributed by atoms with E-state index in [-0.39, 0.29) is 16.7 Å². The van der Waals surface area contributed by atoms with Crippen molar-refractivity contribution in [3.05, 3.63) is 23.8 Å². The molecule has 5 heteroatoms. The highest BCUT2D eigenvalue weighted by Crippen LogP contribution is 2.26. The van der Waals surface area contributed by atoms with Gasteiger partial charge >= 0.3 is 0 Å². The summed E-state index contributed by atoms with van der Waals surface area (Å²) in [4.78, 5) is 0. The molecule has 0 aliphatic carbocycles. The average Bonchev–Trinajstić information content (AvgIpc) is 2.17. The lowest BCUT2D eigenvalue weighted by molar-refractivity contribution is 0.320. The number of phenols is 1. The Hall–Kier alpha value is -1.42. The molecule has 1 aromatic carbocycles. The highest BCUT2D eigenvalue weighted by atomic mass is 35.5. The molecule has 0 saturated carbocycles. The number of oxime groups is 1. The van der Waals surface area contributed by atoms with Gasteiger partial charge in [0.1, 0.15) is 0 Å². The van der Waals surface area contributed by atoms with Crippen LogP contribution in [0.2, 0.25) is 0 Å². The number of ether oxygens (including phenoxy) is 1. The molecule has 1 aromatic rings. The number of methoxy groups -OCH3 is 1. The molecular formula is C8H8ClNO3. The Bertz CT molecular complexity index is 338. The molecule has 0 aliphatic heterocycles. The predicted octanol–water partition coefficient (Wildman–Crippen LogP) is 1.78.